The molecule has 0 bridgehead atoms. The van der Waals surface area contributed by atoms with E-state index in [0.717, 1.165) is 31.3 Å². The van der Waals surface area contributed by atoms with Gasteiger partial charge in [-0.3, -0.25) is 4.79 Å². The minimum atomic E-state index is 0.365. The molecule has 0 aliphatic heterocycles. The van der Waals surface area contributed by atoms with Crippen molar-refractivity contribution >= 4 is 5.91 Å². The van der Waals surface area contributed by atoms with Crippen LogP contribution < -0.4 is 5.73 Å². The summed E-state index contributed by atoms with van der Waals surface area (Å²) >= 11 is 0. The molecule has 2 aliphatic rings. The van der Waals surface area contributed by atoms with Crippen LogP contribution in [0.25, 0.3) is 0 Å². The van der Waals surface area contributed by atoms with Crippen LogP contribution in [0.3, 0.4) is 0 Å². The first-order valence-electron chi connectivity index (χ1n) is 7.64. The van der Waals surface area contributed by atoms with E-state index in [1.807, 2.05) is 0 Å². The fourth-order valence-corrected chi connectivity index (χ4v) is 3.58. The highest BCUT2D eigenvalue weighted by Gasteiger charge is 2.55. The molecule has 2 atom stereocenters. The first kappa shape index (κ1) is 13.9. The fraction of sp³-hybridized carbons (Fsp3) is 0.933. The van der Waals surface area contributed by atoms with Gasteiger partial charge in [-0.2, -0.15) is 0 Å². The molecule has 2 saturated carbocycles. The van der Waals surface area contributed by atoms with Crippen LogP contribution in [0.15, 0.2) is 0 Å². The average Bonchev–Trinajstić information content (AvgIpc) is 3.07. The molecule has 0 saturated heterocycles. The lowest BCUT2D eigenvalue weighted by Crippen LogP contribution is -2.37. The fourth-order valence-electron chi connectivity index (χ4n) is 3.58. The molecule has 2 N–H and O–H groups in total. The molecule has 2 aliphatic carbocycles. The number of nitrogens with zero attached hydrogens (tertiary/aromatic N) is 1. The maximum absolute atomic E-state index is 12.6. The zero-order valence-corrected chi connectivity index (χ0v) is 11.9. The number of hydrogen-bond acceptors (Lipinski definition) is 2. The Morgan fingerprint density at radius 1 is 1.28 bits per heavy atom. The van der Waals surface area contributed by atoms with Gasteiger partial charge in [0.2, 0.25) is 5.91 Å². The van der Waals surface area contributed by atoms with E-state index in [1.54, 1.807) is 0 Å². The Morgan fingerprint density at radius 2 is 1.89 bits per heavy atom. The minimum Gasteiger partial charge on any atom is -0.342 e. The molecule has 0 aromatic carbocycles. The van der Waals surface area contributed by atoms with Crippen molar-refractivity contribution in [1.29, 1.82) is 0 Å². The molecule has 0 aromatic heterocycles. The first-order valence-corrected chi connectivity index (χ1v) is 7.64. The first-order chi connectivity index (χ1) is 8.65. The van der Waals surface area contributed by atoms with Gasteiger partial charge in [0.25, 0.3) is 0 Å². The Balaban J connectivity index is 1.90. The number of amides is 1. The van der Waals surface area contributed by atoms with Crippen LogP contribution in [0, 0.1) is 23.7 Å². The summed E-state index contributed by atoms with van der Waals surface area (Å²) in [4.78, 5) is 14.7. The molecule has 3 heteroatoms. The second-order valence-electron chi connectivity index (χ2n) is 6.46. The Hall–Kier alpha value is -0.570. The van der Waals surface area contributed by atoms with Crippen molar-refractivity contribution in [3.05, 3.63) is 0 Å². The van der Waals surface area contributed by atoms with Gasteiger partial charge < -0.3 is 10.6 Å². The smallest absolute Gasteiger partial charge is 0.226 e. The Labute approximate surface area is 111 Å². The van der Waals surface area contributed by atoms with Gasteiger partial charge in [-0.15, -0.1) is 0 Å². The van der Waals surface area contributed by atoms with E-state index in [-0.39, 0.29) is 0 Å². The largest absolute Gasteiger partial charge is 0.342 e. The van der Waals surface area contributed by atoms with Gasteiger partial charge in [0.15, 0.2) is 0 Å². The number of fused-ring (bicyclic) bond motifs is 1. The summed E-state index contributed by atoms with van der Waals surface area (Å²) in [5, 5.41) is 0. The molecule has 0 radical (unpaired) electrons. The standard InChI is InChI=1S/C15H28N2O/c1-11(2)10-17(9-5-8-16)15(18)14-12-6-3-4-7-13(12)14/h11-14H,3-10,16H2,1-2H3. The van der Waals surface area contributed by atoms with Crippen molar-refractivity contribution in [3.63, 3.8) is 0 Å². The third kappa shape index (κ3) is 3.05. The number of carbonyl (C=O) groups is 1. The lowest BCUT2D eigenvalue weighted by Gasteiger charge is -2.25. The molecular formula is C15H28N2O. The number of carbonyl (C=O) groups excluding carboxylic acids is 1. The average molecular weight is 252 g/mol. The molecule has 0 spiro atoms. The minimum absolute atomic E-state index is 0.365. The van der Waals surface area contributed by atoms with Crippen molar-refractivity contribution in [1.82, 2.24) is 4.90 Å². The highest BCUT2D eigenvalue weighted by Crippen LogP contribution is 2.56. The maximum atomic E-state index is 12.6. The molecule has 2 fully saturated rings. The van der Waals surface area contributed by atoms with Crippen molar-refractivity contribution < 1.29 is 4.79 Å². The lowest BCUT2D eigenvalue weighted by molar-refractivity contribution is -0.133. The predicted octanol–water partition coefficient (Wildman–Crippen LogP) is 2.26. The van der Waals surface area contributed by atoms with Crippen molar-refractivity contribution in [2.45, 2.75) is 46.0 Å². The highest BCUT2D eigenvalue weighted by molar-refractivity contribution is 5.82. The Bertz CT molecular complexity index is 278. The van der Waals surface area contributed by atoms with E-state index >= 15 is 0 Å². The summed E-state index contributed by atoms with van der Waals surface area (Å²) in [6, 6.07) is 0. The summed E-state index contributed by atoms with van der Waals surface area (Å²) in [6.45, 7) is 6.79. The van der Waals surface area contributed by atoms with Crippen LogP contribution in [0.4, 0.5) is 0 Å². The molecule has 1 amide bonds. The van der Waals surface area contributed by atoms with Crippen LogP contribution >= 0.6 is 0 Å². The second-order valence-corrected chi connectivity index (χ2v) is 6.46. The third-order valence-electron chi connectivity index (χ3n) is 4.47. The zero-order chi connectivity index (χ0) is 13.1. The van der Waals surface area contributed by atoms with E-state index in [9.17, 15) is 4.79 Å². The van der Waals surface area contributed by atoms with E-state index in [1.165, 1.54) is 25.7 Å². The van der Waals surface area contributed by atoms with Crippen LogP contribution in [-0.2, 0) is 4.79 Å². The predicted molar refractivity (Wildman–Crippen MR) is 74.0 cm³/mol. The van der Waals surface area contributed by atoms with Crippen LogP contribution in [0.1, 0.15) is 46.0 Å². The van der Waals surface area contributed by atoms with Gasteiger partial charge in [0, 0.05) is 19.0 Å². The molecular weight excluding hydrogens is 224 g/mol. The molecule has 3 nitrogen and oxygen atoms in total. The van der Waals surface area contributed by atoms with Gasteiger partial charge in [-0.25, -0.2) is 0 Å². The van der Waals surface area contributed by atoms with Gasteiger partial charge >= 0.3 is 0 Å². The van der Waals surface area contributed by atoms with Crippen molar-refractivity contribution in [2.24, 2.45) is 29.4 Å². The van der Waals surface area contributed by atoms with Gasteiger partial charge in [0.05, 0.1) is 0 Å². The van der Waals surface area contributed by atoms with E-state index in [2.05, 4.69) is 18.7 Å². The van der Waals surface area contributed by atoms with Crippen molar-refractivity contribution in [2.75, 3.05) is 19.6 Å². The van der Waals surface area contributed by atoms with Crippen LogP contribution in [0.5, 0.6) is 0 Å². The van der Waals surface area contributed by atoms with Gasteiger partial charge in [-0.1, -0.05) is 26.7 Å². The molecule has 104 valence electrons. The van der Waals surface area contributed by atoms with Crippen LogP contribution in [-0.4, -0.2) is 30.4 Å². The Morgan fingerprint density at radius 3 is 2.39 bits per heavy atom. The van der Waals surface area contributed by atoms with E-state index < -0.39 is 0 Å². The highest BCUT2D eigenvalue weighted by atomic mass is 16.2. The van der Waals surface area contributed by atoms with Gasteiger partial charge in [-0.05, 0) is 43.6 Å². The summed E-state index contributed by atoms with van der Waals surface area (Å²) in [7, 11) is 0. The summed E-state index contributed by atoms with van der Waals surface area (Å²) in [5.41, 5.74) is 5.58. The molecule has 0 heterocycles. The topological polar surface area (TPSA) is 46.3 Å². The summed E-state index contributed by atoms with van der Waals surface area (Å²) in [6.07, 6.45) is 6.16. The number of nitrogens with two attached hydrogens (primary N) is 1. The Kier molecular flexibility index (Phi) is 4.66. The normalized spacial score (nSPS) is 30.1. The number of hydrogen-bond donors (Lipinski definition) is 1. The van der Waals surface area contributed by atoms with Crippen molar-refractivity contribution in [3.8, 4) is 0 Å². The molecule has 2 rings (SSSR count). The third-order valence-corrected chi connectivity index (χ3v) is 4.47. The SMILES string of the molecule is CC(C)CN(CCCN)C(=O)C1C2CCCCC21. The molecule has 18 heavy (non-hydrogen) atoms. The van der Waals surface area contributed by atoms with E-state index in [4.69, 9.17) is 5.73 Å². The van der Waals surface area contributed by atoms with Gasteiger partial charge in [0.1, 0.15) is 0 Å². The summed E-state index contributed by atoms with van der Waals surface area (Å²) < 4.78 is 0. The number of rotatable bonds is 6. The second kappa shape index (κ2) is 6.05. The monoisotopic (exact) mass is 252 g/mol. The zero-order valence-electron chi connectivity index (χ0n) is 11.9. The van der Waals surface area contributed by atoms with E-state index in [0.29, 0.717) is 24.3 Å². The lowest BCUT2D eigenvalue weighted by atomic mass is 10.0. The summed E-state index contributed by atoms with van der Waals surface area (Å²) in [5.74, 6) is 2.78. The molecule has 2 unspecified atom stereocenters. The quantitative estimate of drug-likeness (QED) is 0.788. The molecule has 0 aromatic rings. The van der Waals surface area contributed by atoms with Crippen LogP contribution in [0.2, 0.25) is 0 Å². The maximum Gasteiger partial charge on any atom is 0.226 e.